The smallest absolute Gasteiger partial charge is 0.247 e. The maximum absolute atomic E-state index is 12.3. The molecule has 0 radical (unpaired) electrons. The normalized spacial score (nSPS) is 12.2. The zero-order chi connectivity index (χ0) is 14.0. The molecule has 0 aliphatic heterocycles. The molecule has 1 N–H and O–H groups in total. The predicted octanol–water partition coefficient (Wildman–Crippen LogP) is 1.95. The highest BCUT2D eigenvalue weighted by molar-refractivity contribution is 9.10. The standard InChI is InChI=1S/C11H12BrNO5S/c1-13(6-8-3-2-4-17-8)19(15,16)10-5-9(7-14)18-11(10)12/h2-5,14H,6-7H2,1H3. The number of aliphatic hydroxyl groups excluding tert-OH is 1. The van der Waals surface area contributed by atoms with E-state index in [1.165, 1.54) is 19.4 Å². The third-order valence-electron chi connectivity index (χ3n) is 2.51. The van der Waals surface area contributed by atoms with Crippen LogP contribution in [0.1, 0.15) is 11.5 Å². The lowest BCUT2D eigenvalue weighted by atomic mass is 10.4. The van der Waals surface area contributed by atoms with Gasteiger partial charge in [-0.05, 0) is 28.1 Å². The molecule has 8 heteroatoms. The molecular formula is C11H12BrNO5S. The lowest BCUT2D eigenvalue weighted by molar-refractivity contribution is 0.245. The van der Waals surface area contributed by atoms with Crippen LogP contribution >= 0.6 is 15.9 Å². The largest absolute Gasteiger partial charge is 0.468 e. The average molecular weight is 350 g/mol. The Morgan fingerprint density at radius 2 is 2.16 bits per heavy atom. The number of furan rings is 2. The zero-order valence-corrected chi connectivity index (χ0v) is 12.4. The Labute approximate surface area is 118 Å². The Kier molecular flexibility index (Phi) is 4.14. The number of hydrogen-bond donors (Lipinski definition) is 1. The van der Waals surface area contributed by atoms with Crippen molar-refractivity contribution in [3.63, 3.8) is 0 Å². The van der Waals surface area contributed by atoms with Crippen molar-refractivity contribution < 1.29 is 22.4 Å². The molecule has 2 aromatic heterocycles. The highest BCUT2D eigenvalue weighted by Crippen LogP contribution is 2.28. The first-order valence-electron chi connectivity index (χ1n) is 5.33. The lowest BCUT2D eigenvalue weighted by Crippen LogP contribution is -2.26. The summed E-state index contributed by atoms with van der Waals surface area (Å²) in [5.74, 6) is 0.713. The van der Waals surface area contributed by atoms with Crippen molar-refractivity contribution in [1.82, 2.24) is 4.31 Å². The summed E-state index contributed by atoms with van der Waals surface area (Å²) >= 11 is 3.03. The second kappa shape index (κ2) is 5.49. The van der Waals surface area contributed by atoms with Crippen molar-refractivity contribution in [2.45, 2.75) is 18.0 Å². The summed E-state index contributed by atoms with van der Waals surface area (Å²) in [4.78, 5) is -0.0226. The van der Waals surface area contributed by atoms with Crippen LogP contribution in [0.4, 0.5) is 0 Å². The van der Waals surface area contributed by atoms with E-state index in [4.69, 9.17) is 13.9 Å². The maximum Gasteiger partial charge on any atom is 0.247 e. The van der Waals surface area contributed by atoms with Crippen LogP contribution in [0.25, 0.3) is 0 Å². The number of hydrogen-bond acceptors (Lipinski definition) is 5. The minimum Gasteiger partial charge on any atom is -0.468 e. The fraction of sp³-hybridized carbons (Fsp3) is 0.273. The first-order chi connectivity index (χ1) is 8.95. The second-order valence-corrected chi connectivity index (χ2v) is 6.58. The van der Waals surface area contributed by atoms with Crippen LogP contribution in [0, 0.1) is 0 Å². The van der Waals surface area contributed by atoms with Gasteiger partial charge in [-0.3, -0.25) is 0 Å². The molecule has 0 aromatic carbocycles. The van der Waals surface area contributed by atoms with Gasteiger partial charge in [0.05, 0.1) is 12.8 Å². The molecular weight excluding hydrogens is 338 g/mol. The molecule has 19 heavy (non-hydrogen) atoms. The van der Waals surface area contributed by atoms with Crippen molar-refractivity contribution in [2.24, 2.45) is 0 Å². The molecule has 0 bridgehead atoms. The van der Waals surface area contributed by atoms with Crippen molar-refractivity contribution >= 4 is 26.0 Å². The monoisotopic (exact) mass is 349 g/mol. The van der Waals surface area contributed by atoms with Gasteiger partial charge >= 0.3 is 0 Å². The van der Waals surface area contributed by atoms with Gasteiger partial charge in [0.15, 0.2) is 4.67 Å². The minimum absolute atomic E-state index is 0.0226. The van der Waals surface area contributed by atoms with Crippen LogP contribution in [-0.4, -0.2) is 24.9 Å². The number of sulfonamides is 1. The molecule has 2 heterocycles. The molecule has 0 saturated heterocycles. The quantitative estimate of drug-likeness (QED) is 0.891. The third kappa shape index (κ3) is 2.92. The van der Waals surface area contributed by atoms with Crippen LogP contribution in [0.2, 0.25) is 0 Å². The SMILES string of the molecule is CN(Cc1ccco1)S(=O)(=O)c1cc(CO)oc1Br. The summed E-state index contributed by atoms with van der Waals surface area (Å²) in [7, 11) is -2.27. The van der Waals surface area contributed by atoms with Gasteiger partial charge in [-0.2, -0.15) is 4.31 Å². The summed E-state index contributed by atoms with van der Waals surface area (Å²) in [6.45, 7) is -0.253. The van der Waals surface area contributed by atoms with E-state index < -0.39 is 10.0 Å². The summed E-state index contributed by atoms with van der Waals surface area (Å²) in [6, 6.07) is 4.67. The van der Waals surface area contributed by atoms with Crippen molar-refractivity contribution in [3.05, 3.63) is 40.7 Å². The van der Waals surface area contributed by atoms with Crippen LogP contribution in [0.15, 0.2) is 42.9 Å². The fourth-order valence-corrected chi connectivity index (χ4v) is 3.62. The molecule has 104 valence electrons. The molecule has 0 amide bonds. The lowest BCUT2D eigenvalue weighted by Gasteiger charge is -2.14. The van der Waals surface area contributed by atoms with E-state index in [-0.39, 0.29) is 28.5 Å². The molecule has 0 unspecified atom stereocenters. The summed E-state index contributed by atoms with van der Waals surface area (Å²) in [5.41, 5.74) is 0. The highest BCUT2D eigenvalue weighted by Gasteiger charge is 2.27. The van der Waals surface area contributed by atoms with E-state index in [0.717, 1.165) is 4.31 Å². The maximum atomic E-state index is 12.3. The minimum atomic E-state index is -3.71. The van der Waals surface area contributed by atoms with Gasteiger partial charge in [0.2, 0.25) is 10.0 Å². The first kappa shape index (κ1) is 14.3. The topological polar surface area (TPSA) is 83.9 Å². The third-order valence-corrected chi connectivity index (χ3v) is 5.17. The number of halogens is 1. The Balaban J connectivity index is 2.28. The predicted molar refractivity (Wildman–Crippen MR) is 69.7 cm³/mol. The molecule has 0 aliphatic carbocycles. The number of rotatable bonds is 5. The highest BCUT2D eigenvalue weighted by atomic mass is 79.9. The Morgan fingerprint density at radius 1 is 1.42 bits per heavy atom. The van der Waals surface area contributed by atoms with E-state index in [9.17, 15) is 8.42 Å². The van der Waals surface area contributed by atoms with Gasteiger partial charge in [0.1, 0.15) is 23.0 Å². The van der Waals surface area contributed by atoms with Crippen molar-refractivity contribution in [1.29, 1.82) is 0 Å². The van der Waals surface area contributed by atoms with Gasteiger partial charge in [0, 0.05) is 13.1 Å². The molecule has 0 spiro atoms. The van der Waals surface area contributed by atoms with Crippen molar-refractivity contribution in [3.8, 4) is 0 Å². The average Bonchev–Trinajstić information content (AvgIpc) is 2.98. The molecule has 0 atom stereocenters. The number of aliphatic hydroxyl groups is 1. The van der Waals surface area contributed by atoms with Gasteiger partial charge in [0.25, 0.3) is 0 Å². The van der Waals surface area contributed by atoms with Crippen LogP contribution in [-0.2, 0) is 23.2 Å². The molecule has 6 nitrogen and oxygen atoms in total. The van der Waals surface area contributed by atoms with Gasteiger partial charge in [-0.1, -0.05) is 0 Å². The summed E-state index contributed by atoms with van der Waals surface area (Å²) in [5, 5.41) is 8.95. The van der Waals surface area contributed by atoms with Crippen LogP contribution in [0.5, 0.6) is 0 Å². The Morgan fingerprint density at radius 3 is 2.68 bits per heavy atom. The molecule has 2 aromatic rings. The van der Waals surface area contributed by atoms with Gasteiger partial charge in [-0.15, -0.1) is 0 Å². The van der Waals surface area contributed by atoms with Crippen molar-refractivity contribution in [2.75, 3.05) is 7.05 Å². The Hall–Kier alpha value is -1.09. The van der Waals surface area contributed by atoms with E-state index in [2.05, 4.69) is 15.9 Å². The van der Waals surface area contributed by atoms with Crippen LogP contribution < -0.4 is 0 Å². The van der Waals surface area contributed by atoms with E-state index >= 15 is 0 Å². The van der Waals surface area contributed by atoms with Crippen LogP contribution in [0.3, 0.4) is 0 Å². The van der Waals surface area contributed by atoms with E-state index in [0.29, 0.717) is 5.76 Å². The first-order valence-corrected chi connectivity index (χ1v) is 7.56. The molecule has 0 saturated carbocycles. The number of nitrogens with zero attached hydrogens (tertiary/aromatic N) is 1. The van der Waals surface area contributed by atoms with E-state index in [1.807, 2.05) is 0 Å². The second-order valence-electron chi connectivity index (χ2n) is 3.85. The van der Waals surface area contributed by atoms with Gasteiger partial charge in [-0.25, -0.2) is 8.42 Å². The van der Waals surface area contributed by atoms with Gasteiger partial charge < -0.3 is 13.9 Å². The zero-order valence-electron chi connectivity index (χ0n) is 10.0. The molecule has 0 fully saturated rings. The molecule has 0 aliphatic rings. The molecule has 2 rings (SSSR count). The Bertz CT molecular complexity index is 647. The van der Waals surface area contributed by atoms with E-state index in [1.54, 1.807) is 12.1 Å². The summed E-state index contributed by atoms with van der Waals surface area (Å²) in [6.07, 6.45) is 1.48. The summed E-state index contributed by atoms with van der Waals surface area (Å²) < 4.78 is 36.0. The fourth-order valence-electron chi connectivity index (χ4n) is 1.53.